The molecule has 0 unspecified atom stereocenters. The minimum atomic E-state index is -0.860. The van der Waals surface area contributed by atoms with Crippen LogP contribution in [0.4, 0.5) is 0 Å². The Hall–Kier alpha value is -4.98. The molecular weight excluding hydrogens is 550 g/mol. The van der Waals surface area contributed by atoms with Gasteiger partial charge in [-0.05, 0) is 105 Å². The second-order valence-corrected chi connectivity index (χ2v) is 11.3. The summed E-state index contributed by atoms with van der Waals surface area (Å²) in [7, 11) is 0. The van der Waals surface area contributed by atoms with Gasteiger partial charge in [-0.15, -0.1) is 0 Å². The number of carbonyl (C=O) groups is 2. The number of hydrogen-bond donors (Lipinski definition) is 4. The third kappa shape index (κ3) is 5.67. The standard InChI is InChI=1S/C36H39N5O3/c1-8-23-19(4)27-15-28-22(7)26(12-14-36(43)44)34(40-28)18-33-25(11-13-35(42)37-10-3)21(6)30(41-33)17-32-24(9-2)20(5)29(39-32)16-31(23)38-27/h8-9,15-18,38,41H,1-2,10-14H2,3-7H3,(H,37,42)(H,43,44). The van der Waals surface area contributed by atoms with Gasteiger partial charge in [-0.1, -0.05) is 25.3 Å². The Balaban J connectivity index is 1.90. The fraction of sp³-hybridized carbons (Fsp3) is 0.278. The van der Waals surface area contributed by atoms with E-state index >= 15 is 0 Å². The maximum Gasteiger partial charge on any atom is 0.303 e. The van der Waals surface area contributed by atoms with Crippen LogP contribution in [0.5, 0.6) is 0 Å². The summed E-state index contributed by atoms with van der Waals surface area (Å²) in [5, 5.41) is 12.4. The summed E-state index contributed by atoms with van der Waals surface area (Å²) >= 11 is 0. The molecule has 1 amide bonds. The van der Waals surface area contributed by atoms with Gasteiger partial charge in [0.1, 0.15) is 0 Å². The summed E-state index contributed by atoms with van der Waals surface area (Å²) in [6, 6.07) is 8.08. The maximum atomic E-state index is 12.5. The number of carboxylic acid groups (broad SMARTS) is 1. The summed E-state index contributed by atoms with van der Waals surface area (Å²) in [6.45, 7) is 18.8. The normalized spacial score (nSPS) is 12.9. The van der Waals surface area contributed by atoms with Crippen molar-refractivity contribution >= 4 is 62.3 Å². The van der Waals surface area contributed by atoms with Gasteiger partial charge < -0.3 is 20.4 Å². The van der Waals surface area contributed by atoms with Crippen molar-refractivity contribution in [3.05, 3.63) is 88.5 Å². The first kappa shape index (κ1) is 30.5. The Morgan fingerprint density at radius 1 is 0.795 bits per heavy atom. The van der Waals surface area contributed by atoms with E-state index in [1.807, 2.05) is 71.0 Å². The van der Waals surface area contributed by atoms with Crippen molar-refractivity contribution in [3.63, 3.8) is 0 Å². The molecule has 8 bridgehead atoms. The molecule has 2 aliphatic rings. The molecule has 0 atom stereocenters. The highest BCUT2D eigenvalue weighted by Gasteiger charge is 2.21. The SMILES string of the molecule is C=CC1=C(C)c2cc3[nH]c(cc4nc(cc5[nH]c(cc1n2)c(C)c5CCC(=O)NCC)C(CCC(=O)O)=C4C)c(C)c3C=C. The smallest absolute Gasteiger partial charge is 0.303 e. The lowest BCUT2D eigenvalue weighted by Crippen LogP contribution is -2.22. The second-order valence-electron chi connectivity index (χ2n) is 11.3. The maximum absolute atomic E-state index is 12.5. The predicted octanol–water partition coefficient (Wildman–Crippen LogP) is 7.56. The van der Waals surface area contributed by atoms with E-state index in [9.17, 15) is 14.7 Å². The van der Waals surface area contributed by atoms with Gasteiger partial charge in [-0.2, -0.15) is 0 Å². The van der Waals surface area contributed by atoms with Crippen molar-refractivity contribution < 1.29 is 14.7 Å². The number of fused-ring (bicyclic) bond motifs is 8. The number of aromatic nitrogens is 4. The number of carbonyl (C=O) groups excluding carboxylic acids is 1. The Morgan fingerprint density at radius 3 is 2.09 bits per heavy atom. The van der Waals surface area contributed by atoms with Crippen molar-refractivity contribution in [2.24, 2.45) is 0 Å². The van der Waals surface area contributed by atoms with E-state index in [1.165, 1.54) is 0 Å². The number of rotatable bonds is 9. The van der Waals surface area contributed by atoms with Gasteiger partial charge in [0.2, 0.25) is 5.91 Å². The third-order valence-electron chi connectivity index (χ3n) is 8.61. The molecule has 0 fully saturated rings. The third-order valence-corrected chi connectivity index (χ3v) is 8.61. The van der Waals surface area contributed by atoms with Crippen LogP contribution in [0.15, 0.2) is 43.5 Å². The zero-order valence-corrected chi connectivity index (χ0v) is 26.1. The van der Waals surface area contributed by atoms with Gasteiger partial charge in [0.25, 0.3) is 0 Å². The lowest BCUT2D eigenvalue weighted by atomic mass is 10.00. The van der Waals surface area contributed by atoms with E-state index in [1.54, 1.807) is 0 Å². The van der Waals surface area contributed by atoms with Crippen LogP contribution in [0.25, 0.3) is 50.4 Å². The highest BCUT2D eigenvalue weighted by Crippen LogP contribution is 2.36. The van der Waals surface area contributed by atoms with Crippen molar-refractivity contribution in [1.29, 1.82) is 0 Å². The first-order valence-corrected chi connectivity index (χ1v) is 15.0. The molecule has 0 aromatic carbocycles. The monoisotopic (exact) mass is 589 g/mol. The molecule has 226 valence electrons. The largest absolute Gasteiger partial charge is 0.481 e. The lowest BCUT2D eigenvalue weighted by Gasteiger charge is -2.04. The van der Waals surface area contributed by atoms with Crippen LogP contribution in [0.1, 0.15) is 85.1 Å². The van der Waals surface area contributed by atoms with Gasteiger partial charge in [-0.3, -0.25) is 9.59 Å². The average Bonchev–Trinajstić information content (AvgIpc) is 3.64. The predicted molar refractivity (Wildman–Crippen MR) is 180 cm³/mol. The molecule has 2 aliphatic heterocycles. The van der Waals surface area contributed by atoms with Gasteiger partial charge >= 0.3 is 5.97 Å². The molecule has 3 aromatic heterocycles. The number of H-pyrrole nitrogens is 2. The number of allylic oxidation sites excluding steroid dienone is 5. The number of nitrogens with zero attached hydrogens (tertiary/aromatic N) is 2. The molecule has 0 aliphatic carbocycles. The topological polar surface area (TPSA) is 124 Å². The van der Waals surface area contributed by atoms with Crippen molar-refractivity contribution in [3.8, 4) is 0 Å². The molecule has 3 aromatic rings. The van der Waals surface area contributed by atoms with Crippen molar-refractivity contribution in [2.75, 3.05) is 6.54 Å². The van der Waals surface area contributed by atoms with Gasteiger partial charge in [0, 0.05) is 52.6 Å². The Labute approximate surface area is 257 Å². The first-order chi connectivity index (χ1) is 21.1. The number of aromatic amines is 2. The van der Waals surface area contributed by atoms with Crippen LogP contribution in [0.2, 0.25) is 0 Å². The number of aliphatic carboxylic acids is 1. The molecule has 5 rings (SSSR count). The number of amides is 1. The van der Waals surface area contributed by atoms with E-state index < -0.39 is 5.97 Å². The van der Waals surface area contributed by atoms with E-state index in [0.717, 1.165) is 83.7 Å². The average molecular weight is 590 g/mol. The van der Waals surface area contributed by atoms with E-state index in [-0.39, 0.29) is 12.3 Å². The van der Waals surface area contributed by atoms with Crippen LogP contribution >= 0.6 is 0 Å². The molecule has 8 heteroatoms. The molecule has 0 radical (unpaired) electrons. The van der Waals surface area contributed by atoms with Crippen molar-refractivity contribution in [1.82, 2.24) is 25.3 Å². The van der Waals surface area contributed by atoms with Gasteiger partial charge in [0.05, 0.1) is 22.8 Å². The molecule has 4 N–H and O–H groups in total. The lowest BCUT2D eigenvalue weighted by molar-refractivity contribution is -0.136. The highest BCUT2D eigenvalue weighted by atomic mass is 16.4. The minimum Gasteiger partial charge on any atom is -0.481 e. The summed E-state index contributed by atoms with van der Waals surface area (Å²) in [5.41, 5.74) is 14.5. The molecule has 0 spiro atoms. The molecular formula is C36H39N5O3. The van der Waals surface area contributed by atoms with Crippen LogP contribution in [-0.4, -0.2) is 43.5 Å². The number of hydrogen-bond acceptors (Lipinski definition) is 4. The number of nitrogens with one attached hydrogen (secondary N) is 3. The quantitative estimate of drug-likeness (QED) is 0.205. The fourth-order valence-corrected chi connectivity index (χ4v) is 6.06. The zero-order chi connectivity index (χ0) is 31.7. The Kier molecular flexibility index (Phi) is 8.54. The second kappa shape index (κ2) is 12.3. The van der Waals surface area contributed by atoms with Gasteiger partial charge in [0.15, 0.2) is 0 Å². The molecule has 44 heavy (non-hydrogen) atoms. The highest BCUT2D eigenvalue weighted by molar-refractivity contribution is 5.98. The fourth-order valence-electron chi connectivity index (χ4n) is 6.06. The summed E-state index contributed by atoms with van der Waals surface area (Å²) in [5.74, 6) is -0.868. The van der Waals surface area contributed by atoms with Crippen LogP contribution in [0.3, 0.4) is 0 Å². The van der Waals surface area contributed by atoms with Crippen LogP contribution in [0, 0.1) is 13.8 Å². The van der Waals surface area contributed by atoms with E-state index in [0.29, 0.717) is 31.5 Å². The minimum absolute atomic E-state index is 0.00462. The summed E-state index contributed by atoms with van der Waals surface area (Å²) in [4.78, 5) is 41.2. The number of carboxylic acids is 1. The van der Waals surface area contributed by atoms with Crippen LogP contribution < -0.4 is 5.32 Å². The zero-order valence-electron chi connectivity index (χ0n) is 26.1. The molecule has 5 heterocycles. The van der Waals surface area contributed by atoms with E-state index in [2.05, 4.69) is 28.4 Å². The molecule has 8 nitrogen and oxygen atoms in total. The van der Waals surface area contributed by atoms with E-state index in [4.69, 9.17) is 9.97 Å². The molecule has 0 saturated heterocycles. The van der Waals surface area contributed by atoms with Crippen LogP contribution in [-0.2, 0) is 16.0 Å². The first-order valence-electron chi connectivity index (χ1n) is 15.0. The summed E-state index contributed by atoms with van der Waals surface area (Å²) in [6.07, 6.45) is 4.90. The Bertz CT molecular complexity index is 1950. The van der Waals surface area contributed by atoms with Crippen molar-refractivity contribution in [2.45, 2.75) is 60.3 Å². The number of aryl methyl sites for hydroxylation is 3. The molecule has 0 saturated carbocycles. The summed E-state index contributed by atoms with van der Waals surface area (Å²) < 4.78 is 0. The van der Waals surface area contributed by atoms with Gasteiger partial charge in [-0.25, -0.2) is 9.97 Å². The Morgan fingerprint density at radius 2 is 1.41 bits per heavy atom.